The molecule has 1 aromatic carbocycles. The molecule has 0 aliphatic heterocycles. The van der Waals surface area contributed by atoms with Crippen LogP contribution in [-0.4, -0.2) is 16.9 Å². The second kappa shape index (κ2) is 6.58. The summed E-state index contributed by atoms with van der Waals surface area (Å²) in [7, 11) is 1.61. The molecule has 108 valence electrons. The molecule has 7 heteroatoms. The van der Waals surface area contributed by atoms with Crippen LogP contribution in [0.5, 0.6) is 5.75 Å². The Kier molecular flexibility index (Phi) is 5.04. The van der Waals surface area contributed by atoms with Crippen molar-refractivity contribution in [2.24, 2.45) is 5.84 Å². The van der Waals surface area contributed by atoms with E-state index in [0.717, 1.165) is 15.7 Å². The highest BCUT2D eigenvalue weighted by Gasteiger charge is 2.24. The van der Waals surface area contributed by atoms with E-state index in [1.54, 1.807) is 13.3 Å². The number of hydrogen-bond acceptors (Lipinski definition) is 4. The normalized spacial score (nSPS) is 12.4. The van der Waals surface area contributed by atoms with Gasteiger partial charge in [-0.2, -0.15) is 5.10 Å². The number of halogens is 2. The first kappa shape index (κ1) is 15.3. The number of nitrogens with two attached hydrogens (primary N) is 1. The summed E-state index contributed by atoms with van der Waals surface area (Å²) in [5, 5.41) is 4.91. The van der Waals surface area contributed by atoms with Gasteiger partial charge in [-0.1, -0.05) is 33.6 Å². The molecular formula is C13H16BrClN4O. The summed E-state index contributed by atoms with van der Waals surface area (Å²) in [6.45, 7) is 2.72. The van der Waals surface area contributed by atoms with Crippen LogP contribution in [0.25, 0.3) is 0 Å². The average molecular weight is 360 g/mol. The van der Waals surface area contributed by atoms with Crippen LogP contribution in [0.2, 0.25) is 5.02 Å². The summed E-state index contributed by atoms with van der Waals surface area (Å²) >= 11 is 9.71. The van der Waals surface area contributed by atoms with Crippen LogP contribution in [0, 0.1) is 0 Å². The number of hydrazine groups is 1. The topological polar surface area (TPSA) is 65.1 Å². The summed E-state index contributed by atoms with van der Waals surface area (Å²) in [6.07, 6.45) is 1.68. The molecule has 0 radical (unpaired) electrons. The molecule has 1 heterocycles. The fourth-order valence-electron chi connectivity index (χ4n) is 2.13. The van der Waals surface area contributed by atoms with Crippen molar-refractivity contribution < 1.29 is 4.74 Å². The lowest BCUT2D eigenvalue weighted by Gasteiger charge is -2.20. The largest absolute Gasteiger partial charge is 0.493 e. The van der Waals surface area contributed by atoms with Gasteiger partial charge in [0.15, 0.2) is 5.75 Å². The molecule has 0 aliphatic carbocycles. The fraction of sp³-hybridized carbons (Fsp3) is 0.308. The van der Waals surface area contributed by atoms with Gasteiger partial charge in [-0.15, -0.1) is 0 Å². The molecule has 0 saturated heterocycles. The Bertz CT molecular complexity index is 581. The number of aryl methyl sites for hydroxylation is 1. The third kappa shape index (κ3) is 2.83. The molecule has 1 aromatic heterocycles. The number of nitrogens with one attached hydrogen (secondary N) is 1. The van der Waals surface area contributed by atoms with E-state index in [9.17, 15) is 0 Å². The Morgan fingerprint density at radius 1 is 1.55 bits per heavy atom. The van der Waals surface area contributed by atoms with Crippen molar-refractivity contribution in [1.82, 2.24) is 15.2 Å². The molecule has 5 nitrogen and oxygen atoms in total. The summed E-state index contributed by atoms with van der Waals surface area (Å²) < 4.78 is 8.11. The highest BCUT2D eigenvalue weighted by molar-refractivity contribution is 9.10. The third-order valence-electron chi connectivity index (χ3n) is 3.08. The molecule has 3 N–H and O–H groups in total. The smallest absolute Gasteiger partial charge is 0.161 e. The molecular weight excluding hydrogens is 344 g/mol. The van der Waals surface area contributed by atoms with Crippen LogP contribution in [-0.2, 0) is 6.54 Å². The molecule has 20 heavy (non-hydrogen) atoms. The highest BCUT2D eigenvalue weighted by atomic mass is 79.9. The predicted molar refractivity (Wildman–Crippen MR) is 82.8 cm³/mol. The maximum atomic E-state index is 6.31. The van der Waals surface area contributed by atoms with Gasteiger partial charge in [-0.05, 0) is 24.6 Å². The van der Waals surface area contributed by atoms with Crippen LogP contribution in [0.3, 0.4) is 0 Å². The Balaban J connectivity index is 2.54. The predicted octanol–water partition coefficient (Wildman–Crippen LogP) is 2.88. The lowest BCUT2D eigenvalue weighted by molar-refractivity contribution is 0.399. The first-order valence-electron chi connectivity index (χ1n) is 6.13. The molecule has 0 fully saturated rings. The van der Waals surface area contributed by atoms with Gasteiger partial charge in [-0.25, -0.2) is 5.43 Å². The number of nitrogens with zero attached hydrogens (tertiary/aromatic N) is 2. The van der Waals surface area contributed by atoms with Gasteiger partial charge in [0.25, 0.3) is 0 Å². The van der Waals surface area contributed by atoms with Crippen LogP contribution >= 0.6 is 27.5 Å². The van der Waals surface area contributed by atoms with Crippen molar-refractivity contribution in [3.05, 3.63) is 45.1 Å². The fourth-order valence-corrected chi connectivity index (χ4v) is 2.91. The van der Waals surface area contributed by atoms with Gasteiger partial charge in [0.05, 0.1) is 19.3 Å². The Morgan fingerprint density at radius 2 is 2.30 bits per heavy atom. The van der Waals surface area contributed by atoms with Crippen molar-refractivity contribution in [3.8, 4) is 5.75 Å². The SMILES string of the molecule is CCn1ncc(OC)c1C(NN)c1ccc(Br)cc1Cl. The molecule has 1 atom stereocenters. The van der Waals surface area contributed by atoms with E-state index in [1.807, 2.05) is 29.8 Å². The molecule has 0 bridgehead atoms. The minimum absolute atomic E-state index is 0.298. The van der Waals surface area contributed by atoms with Crippen molar-refractivity contribution in [3.63, 3.8) is 0 Å². The lowest BCUT2D eigenvalue weighted by Crippen LogP contribution is -2.31. The number of benzene rings is 1. The van der Waals surface area contributed by atoms with Gasteiger partial charge in [-0.3, -0.25) is 10.5 Å². The van der Waals surface area contributed by atoms with Crippen LogP contribution < -0.4 is 16.0 Å². The van der Waals surface area contributed by atoms with Crippen LogP contribution in [0.15, 0.2) is 28.9 Å². The van der Waals surface area contributed by atoms with Gasteiger partial charge in [0.1, 0.15) is 5.69 Å². The van der Waals surface area contributed by atoms with Crippen molar-refractivity contribution >= 4 is 27.5 Å². The van der Waals surface area contributed by atoms with Crippen molar-refractivity contribution in [1.29, 1.82) is 0 Å². The Labute approximate surface area is 131 Å². The first-order valence-corrected chi connectivity index (χ1v) is 7.30. The summed E-state index contributed by atoms with van der Waals surface area (Å²) in [4.78, 5) is 0. The zero-order valence-electron chi connectivity index (χ0n) is 11.2. The van der Waals surface area contributed by atoms with E-state index in [-0.39, 0.29) is 6.04 Å². The summed E-state index contributed by atoms with van der Waals surface area (Å²) in [5.41, 5.74) is 4.51. The molecule has 1 unspecified atom stereocenters. The minimum atomic E-state index is -0.298. The summed E-state index contributed by atoms with van der Waals surface area (Å²) in [5.74, 6) is 6.41. The molecule has 0 amide bonds. The third-order valence-corrected chi connectivity index (χ3v) is 3.90. The van der Waals surface area contributed by atoms with Crippen molar-refractivity contribution in [2.75, 3.05) is 7.11 Å². The van der Waals surface area contributed by atoms with E-state index >= 15 is 0 Å². The molecule has 2 rings (SSSR count). The Morgan fingerprint density at radius 3 is 2.85 bits per heavy atom. The second-order valence-electron chi connectivity index (χ2n) is 4.18. The summed E-state index contributed by atoms with van der Waals surface area (Å²) in [6, 6.07) is 5.38. The molecule has 0 spiro atoms. The van der Waals surface area contributed by atoms with Crippen LogP contribution in [0.4, 0.5) is 0 Å². The number of ether oxygens (including phenoxy) is 1. The molecule has 0 aliphatic rings. The van der Waals surface area contributed by atoms with E-state index in [1.165, 1.54) is 0 Å². The zero-order valence-corrected chi connectivity index (χ0v) is 13.6. The lowest BCUT2D eigenvalue weighted by atomic mass is 10.0. The monoisotopic (exact) mass is 358 g/mol. The molecule has 2 aromatic rings. The highest BCUT2D eigenvalue weighted by Crippen LogP contribution is 2.34. The van der Waals surface area contributed by atoms with Crippen molar-refractivity contribution in [2.45, 2.75) is 19.5 Å². The van der Waals surface area contributed by atoms with Gasteiger partial charge < -0.3 is 4.74 Å². The quantitative estimate of drug-likeness (QED) is 0.636. The van der Waals surface area contributed by atoms with Crippen LogP contribution in [0.1, 0.15) is 24.2 Å². The zero-order chi connectivity index (χ0) is 14.7. The molecule has 0 saturated carbocycles. The standard InChI is InChI=1S/C13H16BrClN4O/c1-3-19-13(11(20-2)7-17-19)12(18-16)9-5-4-8(14)6-10(9)15/h4-7,12,18H,3,16H2,1-2H3. The van der Waals surface area contributed by atoms with Gasteiger partial charge >= 0.3 is 0 Å². The van der Waals surface area contributed by atoms with E-state index in [4.69, 9.17) is 22.2 Å². The van der Waals surface area contributed by atoms with Gasteiger partial charge in [0.2, 0.25) is 0 Å². The maximum Gasteiger partial charge on any atom is 0.161 e. The second-order valence-corrected chi connectivity index (χ2v) is 5.50. The first-order chi connectivity index (χ1) is 9.62. The number of rotatable bonds is 5. The minimum Gasteiger partial charge on any atom is -0.493 e. The van der Waals surface area contributed by atoms with Gasteiger partial charge in [0, 0.05) is 16.0 Å². The number of aromatic nitrogens is 2. The Hall–Kier alpha value is -1.08. The van der Waals surface area contributed by atoms with E-state index in [2.05, 4.69) is 26.5 Å². The average Bonchev–Trinajstić information content (AvgIpc) is 2.85. The number of methoxy groups -OCH3 is 1. The van der Waals surface area contributed by atoms with E-state index < -0.39 is 0 Å². The van der Waals surface area contributed by atoms with E-state index in [0.29, 0.717) is 17.3 Å². The number of hydrogen-bond donors (Lipinski definition) is 2. The maximum absolute atomic E-state index is 6.31.